The first-order valence-corrected chi connectivity index (χ1v) is 9.95. The van der Waals surface area contributed by atoms with Gasteiger partial charge in [0.25, 0.3) is 5.91 Å². The van der Waals surface area contributed by atoms with Crippen molar-refractivity contribution < 1.29 is 9.59 Å². The topological polar surface area (TPSA) is 113 Å². The van der Waals surface area contributed by atoms with E-state index in [0.29, 0.717) is 34.7 Å². The molecule has 1 saturated carbocycles. The number of carbonyl (C=O) groups excluding carboxylic acids is 2. The first-order chi connectivity index (χ1) is 14.6. The van der Waals surface area contributed by atoms with Gasteiger partial charge in [-0.25, -0.2) is 0 Å². The normalized spacial score (nSPS) is 18.6. The molecular weight excluding hydrogens is 382 g/mol. The molecule has 9 heteroatoms. The van der Waals surface area contributed by atoms with Crippen LogP contribution >= 0.6 is 0 Å². The zero-order valence-corrected chi connectivity index (χ0v) is 16.4. The Morgan fingerprint density at radius 3 is 2.70 bits per heavy atom. The summed E-state index contributed by atoms with van der Waals surface area (Å²) in [5, 5.41) is 13.4. The van der Waals surface area contributed by atoms with Crippen LogP contribution in [0.25, 0.3) is 11.7 Å². The molecule has 30 heavy (non-hydrogen) atoms. The number of anilines is 2. The number of nitrogens with one attached hydrogen (secondary N) is 3. The summed E-state index contributed by atoms with van der Waals surface area (Å²) in [7, 11) is 0. The Morgan fingerprint density at radius 1 is 1.20 bits per heavy atom. The Labute approximate surface area is 172 Å². The van der Waals surface area contributed by atoms with Crippen LogP contribution in [-0.4, -0.2) is 37.4 Å². The van der Waals surface area contributed by atoms with Crippen molar-refractivity contribution in [3.63, 3.8) is 0 Å². The molecule has 2 aliphatic rings. The van der Waals surface area contributed by atoms with Gasteiger partial charge in [0.2, 0.25) is 17.8 Å². The van der Waals surface area contributed by atoms with Crippen molar-refractivity contribution in [2.75, 3.05) is 10.6 Å². The molecule has 2 aromatic heterocycles. The van der Waals surface area contributed by atoms with Crippen LogP contribution in [0.4, 0.5) is 11.9 Å². The highest BCUT2D eigenvalue weighted by molar-refractivity contribution is 6.15. The average molecular weight is 403 g/mol. The second-order valence-corrected chi connectivity index (χ2v) is 7.63. The summed E-state index contributed by atoms with van der Waals surface area (Å²) in [6.07, 6.45) is 5.55. The summed E-state index contributed by atoms with van der Waals surface area (Å²) in [5.74, 6) is 0.393. The number of hydrogen-bond acceptors (Lipinski definition) is 7. The van der Waals surface area contributed by atoms with Crippen LogP contribution in [-0.2, 0) is 9.59 Å². The van der Waals surface area contributed by atoms with Crippen LogP contribution in [0.1, 0.15) is 43.4 Å². The van der Waals surface area contributed by atoms with E-state index in [4.69, 9.17) is 0 Å². The first kappa shape index (κ1) is 18.3. The molecule has 1 aliphatic heterocycles. The van der Waals surface area contributed by atoms with E-state index in [9.17, 15) is 9.59 Å². The molecular formula is C21H21N7O2. The number of benzene rings is 1. The van der Waals surface area contributed by atoms with E-state index in [2.05, 4.69) is 31.0 Å². The second-order valence-electron chi connectivity index (χ2n) is 7.63. The molecule has 1 atom stereocenters. The van der Waals surface area contributed by atoms with Crippen molar-refractivity contribution in [3.05, 3.63) is 53.2 Å². The highest BCUT2D eigenvalue weighted by Gasteiger charge is 2.26. The van der Waals surface area contributed by atoms with Crippen LogP contribution in [0.15, 0.2) is 42.1 Å². The van der Waals surface area contributed by atoms with Gasteiger partial charge in [0.1, 0.15) is 0 Å². The predicted molar refractivity (Wildman–Crippen MR) is 112 cm³/mol. The molecule has 1 aliphatic carbocycles. The molecule has 152 valence electrons. The van der Waals surface area contributed by atoms with Gasteiger partial charge in [-0.2, -0.15) is 19.6 Å². The van der Waals surface area contributed by atoms with Crippen LogP contribution in [0.2, 0.25) is 0 Å². The van der Waals surface area contributed by atoms with Gasteiger partial charge in [-0.1, -0.05) is 30.3 Å². The lowest BCUT2D eigenvalue weighted by Crippen LogP contribution is -2.19. The summed E-state index contributed by atoms with van der Waals surface area (Å²) < 4.78 is 1.64. The largest absolute Gasteiger partial charge is 0.351 e. The van der Waals surface area contributed by atoms with E-state index in [1.54, 1.807) is 16.8 Å². The van der Waals surface area contributed by atoms with Gasteiger partial charge in [0.05, 0.1) is 18.7 Å². The number of fused-ring (bicyclic) bond motifs is 1. The van der Waals surface area contributed by atoms with Crippen molar-refractivity contribution in [1.82, 2.24) is 24.9 Å². The zero-order valence-electron chi connectivity index (χ0n) is 16.4. The van der Waals surface area contributed by atoms with Crippen molar-refractivity contribution in [2.45, 2.75) is 38.3 Å². The maximum atomic E-state index is 12.0. The van der Waals surface area contributed by atoms with E-state index in [0.717, 1.165) is 18.4 Å². The molecule has 1 aromatic carbocycles. The van der Waals surface area contributed by atoms with E-state index < -0.39 is 0 Å². The summed E-state index contributed by atoms with van der Waals surface area (Å²) in [6, 6.07) is 10.4. The van der Waals surface area contributed by atoms with Crippen molar-refractivity contribution in [3.8, 4) is 0 Å². The van der Waals surface area contributed by atoms with Gasteiger partial charge in [-0.3, -0.25) is 14.9 Å². The molecule has 3 aromatic rings. The minimum atomic E-state index is -0.374. The molecule has 3 heterocycles. The Balaban J connectivity index is 1.53. The molecule has 2 amide bonds. The van der Waals surface area contributed by atoms with Gasteiger partial charge in [-0.05, 0) is 31.4 Å². The van der Waals surface area contributed by atoms with Gasteiger partial charge < -0.3 is 10.6 Å². The number of nitrogens with zero attached hydrogens (tertiary/aromatic N) is 4. The maximum absolute atomic E-state index is 12.0. The van der Waals surface area contributed by atoms with E-state index in [1.165, 1.54) is 0 Å². The quantitative estimate of drug-likeness (QED) is 0.427. The van der Waals surface area contributed by atoms with E-state index in [-0.39, 0.29) is 24.3 Å². The highest BCUT2D eigenvalue weighted by atomic mass is 16.2. The lowest BCUT2D eigenvalue weighted by molar-refractivity contribution is -0.124. The smallest absolute Gasteiger partial charge is 0.254 e. The van der Waals surface area contributed by atoms with Crippen molar-refractivity contribution in [1.29, 1.82) is 0 Å². The van der Waals surface area contributed by atoms with Crippen LogP contribution in [0.3, 0.4) is 0 Å². The third-order valence-corrected chi connectivity index (χ3v) is 5.18. The highest BCUT2D eigenvalue weighted by Crippen LogP contribution is 2.27. The molecule has 5 rings (SSSR count). The van der Waals surface area contributed by atoms with Crippen LogP contribution < -0.4 is 16.0 Å². The molecule has 1 saturated heterocycles. The first-order valence-electron chi connectivity index (χ1n) is 9.95. The molecule has 3 N–H and O–H groups in total. The van der Waals surface area contributed by atoms with Gasteiger partial charge >= 0.3 is 0 Å². The Kier molecular flexibility index (Phi) is 4.42. The summed E-state index contributed by atoms with van der Waals surface area (Å²) in [5.41, 5.74) is 2.74. The third kappa shape index (κ3) is 3.61. The molecule has 2 fully saturated rings. The summed E-state index contributed by atoms with van der Waals surface area (Å²) in [4.78, 5) is 32.7. The Bertz CT molecular complexity index is 1160. The molecule has 0 spiro atoms. The minimum Gasteiger partial charge on any atom is -0.351 e. The molecule has 9 nitrogen and oxygen atoms in total. The zero-order chi connectivity index (χ0) is 20.7. The fraction of sp³-hybridized carbons (Fsp3) is 0.286. The number of rotatable bonds is 6. The fourth-order valence-corrected chi connectivity index (χ4v) is 3.39. The van der Waals surface area contributed by atoms with Gasteiger partial charge in [0.15, 0.2) is 5.65 Å². The van der Waals surface area contributed by atoms with Gasteiger partial charge in [0, 0.05) is 17.2 Å². The third-order valence-electron chi connectivity index (χ3n) is 5.18. The van der Waals surface area contributed by atoms with Crippen LogP contribution in [0.5, 0.6) is 0 Å². The number of imide groups is 1. The monoisotopic (exact) mass is 403 g/mol. The standard InChI is InChI=1S/C21H21N7O2/c1-12(13-5-3-2-4-6-13)23-20-26-18-15(9-14-10-17(29)25-19(14)30)11-22-28(18)21(27-20)24-16-7-8-16/h2-6,9,11-12,16H,7-8,10H2,1H3,(H,25,29,30)(H2,23,24,26,27). The second kappa shape index (κ2) is 7.25. The molecule has 0 radical (unpaired) electrons. The van der Waals surface area contributed by atoms with Crippen molar-refractivity contribution >= 4 is 35.4 Å². The minimum absolute atomic E-state index is 0.00498. The van der Waals surface area contributed by atoms with Crippen molar-refractivity contribution in [2.24, 2.45) is 0 Å². The summed E-state index contributed by atoms with van der Waals surface area (Å²) in [6.45, 7) is 2.05. The van der Waals surface area contributed by atoms with E-state index >= 15 is 0 Å². The lowest BCUT2D eigenvalue weighted by Gasteiger charge is -2.15. The number of carbonyl (C=O) groups is 2. The van der Waals surface area contributed by atoms with Crippen LogP contribution in [0, 0.1) is 0 Å². The number of hydrogen-bond donors (Lipinski definition) is 3. The lowest BCUT2D eigenvalue weighted by atomic mass is 10.1. The Morgan fingerprint density at radius 2 is 2.00 bits per heavy atom. The fourth-order valence-electron chi connectivity index (χ4n) is 3.39. The summed E-state index contributed by atoms with van der Waals surface area (Å²) >= 11 is 0. The molecule has 1 unspecified atom stereocenters. The van der Waals surface area contributed by atoms with E-state index in [1.807, 2.05) is 37.3 Å². The number of aromatic nitrogens is 4. The SMILES string of the molecule is CC(Nc1nc(NC2CC2)n2ncc(C=C3CC(=O)NC3=O)c2n1)c1ccccc1. The average Bonchev–Trinajstić information content (AvgIpc) is 3.37. The number of amides is 2. The predicted octanol–water partition coefficient (Wildman–Crippen LogP) is 2.30. The maximum Gasteiger partial charge on any atom is 0.254 e. The van der Waals surface area contributed by atoms with Gasteiger partial charge in [-0.15, -0.1) is 0 Å². The Hall–Kier alpha value is -3.75. The molecule has 0 bridgehead atoms.